The van der Waals surface area contributed by atoms with Gasteiger partial charge >= 0.3 is 18.2 Å². The Hall–Kier alpha value is -3.49. The third-order valence-corrected chi connectivity index (χ3v) is 4.50. The summed E-state index contributed by atoms with van der Waals surface area (Å²) in [6, 6.07) is 14.6. The Bertz CT molecular complexity index is 1030. The number of hydrogen-bond donors (Lipinski definition) is 2. The van der Waals surface area contributed by atoms with Gasteiger partial charge in [-0.1, -0.05) is 48.5 Å². The number of carbonyl (C=O) groups is 2. The number of benzene rings is 2. The molecule has 0 bridgehead atoms. The molecule has 0 radical (unpaired) electrons. The number of para-hydroxylation sites is 1. The fourth-order valence-electron chi connectivity index (χ4n) is 3.10. The van der Waals surface area contributed by atoms with Crippen molar-refractivity contribution in [2.45, 2.75) is 25.2 Å². The lowest BCUT2D eigenvalue weighted by Crippen LogP contribution is -2.61. The third kappa shape index (κ3) is 3.96. The zero-order chi connectivity index (χ0) is 21.8. The van der Waals surface area contributed by atoms with E-state index in [-0.39, 0.29) is 18.6 Å². The van der Waals surface area contributed by atoms with Gasteiger partial charge < -0.3 is 14.5 Å². The minimum atomic E-state index is -5.21. The number of aromatic amines is 1. The number of alkyl carbamates (subject to hydrolysis) is 1. The first-order valence-corrected chi connectivity index (χ1v) is 9.09. The summed E-state index contributed by atoms with van der Waals surface area (Å²) in [4.78, 5) is 27.7. The fraction of sp³-hybridized carbons (Fsp3) is 0.238. The van der Waals surface area contributed by atoms with Crippen molar-refractivity contribution in [2.75, 3.05) is 6.61 Å². The van der Waals surface area contributed by atoms with Crippen LogP contribution in [0.1, 0.15) is 18.1 Å². The normalized spacial score (nSPS) is 13.5. The Morgan fingerprint density at radius 2 is 1.67 bits per heavy atom. The Morgan fingerprint density at radius 1 is 1.00 bits per heavy atom. The van der Waals surface area contributed by atoms with Crippen molar-refractivity contribution < 1.29 is 32.2 Å². The van der Waals surface area contributed by atoms with E-state index in [1.54, 1.807) is 47.8 Å². The predicted octanol–water partition coefficient (Wildman–Crippen LogP) is 4.42. The van der Waals surface area contributed by atoms with Crippen LogP contribution in [-0.2, 0) is 26.4 Å². The number of carbonyl (C=O) groups excluding carboxylic acids is 2. The van der Waals surface area contributed by atoms with Gasteiger partial charge in [-0.25, -0.2) is 9.59 Å². The van der Waals surface area contributed by atoms with Crippen LogP contribution in [-0.4, -0.2) is 29.8 Å². The van der Waals surface area contributed by atoms with Crippen molar-refractivity contribution in [3.63, 3.8) is 0 Å². The zero-order valence-corrected chi connectivity index (χ0v) is 16.0. The lowest BCUT2D eigenvalue weighted by Gasteiger charge is -2.33. The summed E-state index contributed by atoms with van der Waals surface area (Å²) >= 11 is 0. The van der Waals surface area contributed by atoms with E-state index in [9.17, 15) is 22.8 Å². The molecule has 9 heteroatoms. The van der Waals surface area contributed by atoms with Gasteiger partial charge in [0.2, 0.25) is 0 Å². The van der Waals surface area contributed by atoms with Crippen LogP contribution in [0.4, 0.5) is 18.0 Å². The number of aromatic nitrogens is 1. The van der Waals surface area contributed by atoms with Gasteiger partial charge in [-0.3, -0.25) is 5.32 Å². The van der Waals surface area contributed by atoms with E-state index in [0.29, 0.717) is 11.1 Å². The summed E-state index contributed by atoms with van der Waals surface area (Å²) in [7, 11) is 0. The number of esters is 1. The molecule has 30 heavy (non-hydrogen) atoms. The number of amides is 1. The average Bonchev–Trinajstić information content (AvgIpc) is 3.15. The number of rotatable bonds is 6. The van der Waals surface area contributed by atoms with Crippen LogP contribution in [0.2, 0.25) is 0 Å². The quantitative estimate of drug-likeness (QED) is 0.579. The molecule has 2 aromatic carbocycles. The Labute approximate surface area is 170 Å². The van der Waals surface area contributed by atoms with Crippen LogP contribution < -0.4 is 5.32 Å². The van der Waals surface area contributed by atoms with Crippen LogP contribution in [0.5, 0.6) is 0 Å². The van der Waals surface area contributed by atoms with Crippen molar-refractivity contribution in [1.82, 2.24) is 10.3 Å². The van der Waals surface area contributed by atoms with E-state index < -0.39 is 29.3 Å². The lowest BCUT2D eigenvalue weighted by molar-refractivity contribution is -0.214. The zero-order valence-electron chi connectivity index (χ0n) is 16.0. The number of halogens is 3. The van der Waals surface area contributed by atoms with E-state index in [2.05, 4.69) is 4.98 Å². The maximum absolute atomic E-state index is 14.4. The largest absolute Gasteiger partial charge is 0.464 e. The summed E-state index contributed by atoms with van der Waals surface area (Å²) in [6.45, 7) is 0.805. The molecule has 1 atom stereocenters. The number of hydrogen-bond acceptors (Lipinski definition) is 4. The smallest absolute Gasteiger partial charge is 0.427 e. The monoisotopic (exact) mass is 420 g/mol. The van der Waals surface area contributed by atoms with Crippen molar-refractivity contribution in [3.8, 4) is 0 Å². The summed E-state index contributed by atoms with van der Waals surface area (Å²) in [5, 5.41) is 1.86. The SMILES string of the molecule is CCOC(=O)[C@](NC(=O)OCc1ccccc1)(c1c[nH]c2ccccc12)C(F)(F)F. The van der Waals surface area contributed by atoms with Crippen molar-refractivity contribution >= 4 is 23.0 Å². The van der Waals surface area contributed by atoms with Gasteiger partial charge in [0, 0.05) is 22.7 Å². The maximum Gasteiger partial charge on any atom is 0.427 e. The average molecular weight is 420 g/mol. The molecule has 6 nitrogen and oxygen atoms in total. The Balaban J connectivity index is 2.02. The van der Waals surface area contributed by atoms with Gasteiger partial charge in [-0.2, -0.15) is 13.2 Å². The van der Waals surface area contributed by atoms with Gasteiger partial charge in [0.15, 0.2) is 0 Å². The second-order valence-corrected chi connectivity index (χ2v) is 6.40. The van der Waals surface area contributed by atoms with Crippen LogP contribution in [0.15, 0.2) is 60.8 Å². The van der Waals surface area contributed by atoms with Gasteiger partial charge in [0.25, 0.3) is 5.54 Å². The minimum Gasteiger partial charge on any atom is -0.464 e. The highest BCUT2D eigenvalue weighted by molar-refractivity contribution is 5.95. The topological polar surface area (TPSA) is 80.4 Å². The molecule has 158 valence electrons. The highest BCUT2D eigenvalue weighted by Crippen LogP contribution is 2.43. The molecule has 1 amide bonds. The second kappa shape index (κ2) is 8.48. The number of H-pyrrole nitrogens is 1. The van der Waals surface area contributed by atoms with E-state index in [1.165, 1.54) is 19.1 Å². The molecule has 0 fully saturated rings. The van der Waals surface area contributed by atoms with Crippen LogP contribution in [0, 0.1) is 0 Å². The molecule has 1 aromatic heterocycles. The van der Waals surface area contributed by atoms with E-state index in [0.717, 1.165) is 6.20 Å². The standard InChI is InChI=1S/C21H19F3N2O4/c1-2-29-18(27)20(21(22,23)24,16-12-25-17-11-7-6-10-15(16)17)26-19(28)30-13-14-8-4-3-5-9-14/h3-12,25H,2,13H2,1H3,(H,26,28)/t20-/m1/s1. The van der Waals surface area contributed by atoms with E-state index >= 15 is 0 Å². The molecule has 1 heterocycles. The molecule has 2 N–H and O–H groups in total. The van der Waals surface area contributed by atoms with Crippen LogP contribution in [0.3, 0.4) is 0 Å². The first-order valence-electron chi connectivity index (χ1n) is 9.09. The molecule has 0 aliphatic rings. The molecule has 0 spiro atoms. The van der Waals surface area contributed by atoms with Crippen LogP contribution >= 0.6 is 0 Å². The Kier molecular flexibility index (Phi) is 6.00. The maximum atomic E-state index is 14.4. The molecule has 3 aromatic rings. The summed E-state index contributed by atoms with van der Waals surface area (Å²) in [6.07, 6.45) is -5.59. The summed E-state index contributed by atoms with van der Waals surface area (Å²) in [5.74, 6) is -1.65. The molecule has 0 unspecified atom stereocenters. The van der Waals surface area contributed by atoms with Gasteiger partial charge in [0.1, 0.15) is 6.61 Å². The fourth-order valence-corrected chi connectivity index (χ4v) is 3.10. The Morgan fingerprint density at radius 3 is 2.33 bits per heavy atom. The number of fused-ring (bicyclic) bond motifs is 1. The van der Waals surface area contributed by atoms with Crippen molar-refractivity contribution in [2.24, 2.45) is 0 Å². The van der Waals surface area contributed by atoms with E-state index in [4.69, 9.17) is 9.47 Å². The van der Waals surface area contributed by atoms with Gasteiger partial charge in [0.05, 0.1) is 6.61 Å². The molecular weight excluding hydrogens is 401 g/mol. The lowest BCUT2D eigenvalue weighted by atomic mass is 9.88. The second-order valence-electron chi connectivity index (χ2n) is 6.40. The molecule has 0 saturated carbocycles. The molecular formula is C21H19F3N2O4. The summed E-state index contributed by atoms with van der Waals surface area (Å²) in [5.41, 5.74) is -2.99. The highest BCUT2D eigenvalue weighted by Gasteiger charge is 2.65. The first kappa shape index (κ1) is 21.2. The first-order chi connectivity index (χ1) is 14.3. The minimum absolute atomic E-state index is 0.117. The summed E-state index contributed by atoms with van der Waals surface area (Å²) < 4.78 is 52.8. The van der Waals surface area contributed by atoms with Crippen molar-refractivity contribution in [1.29, 1.82) is 0 Å². The number of nitrogens with one attached hydrogen (secondary N) is 2. The molecule has 0 aliphatic carbocycles. The molecule has 0 aliphatic heterocycles. The third-order valence-electron chi connectivity index (χ3n) is 4.50. The molecule has 0 saturated heterocycles. The van der Waals surface area contributed by atoms with Crippen molar-refractivity contribution in [3.05, 3.63) is 71.9 Å². The van der Waals surface area contributed by atoms with Gasteiger partial charge in [-0.15, -0.1) is 0 Å². The van der Waals surface area contributed by atoms with Gasteiger partial charge in [-0.05, 0) is 18.6 Å². The molecule has 3 rings (SSSR count). The van der Waals surface area contributed by atoms with E-state index in [1.807, 2.05) is 0 Å². The predicted molar refractivity (Wildman–Crippen MR) is 102 cm³/mol. The highest BCUT2D eigenvalue weighted by atomic mass is 19.4. The number of alkyl halides is 3. The number of ether oxygens (including phenoxy) is 2. The van der Waals surface area contributed by atoms with Crippen LogP contribution in [0.25, 0.3) is 10.9 Å².